The van der Waals surface area contributed by atoms with Crippen molar-refractivity contribution < 1.29 is 14.3 Å². The normalized spacial score (nSPS) is 16.0. The second kappa shape index (κ2) is 4.83. The lowest BCUT2D eigenvalue weighted by atomic mass is 10.0. The second-order valence-electron chi connectivity index (χ2n) is 4.74. The molecule has 18 heavy (non-hydrogen) atoms. The molecule has 0 spiro atoms. The standard InChI is InChI=1S/C14H17NO3/c1-10(2)18-13-11(5-4-6-12(13)17-3)14(7-8-14)15-9-16/h4-6,10H,7-8H2,1-3H3. The number of isocyanates is 1. The van der Waals surface area contributed by atoms with Gasteiger partial charge in [0.25, 0.3) is 0 Å². The van der Waals surface area contributed by atoms with Gasteiger partial charge >= 0.3 is 0 Å². The van der Waals surface area contributed by atoms with Gasteiger partial charge < -0.3 is 9.47 Å². The zero-order valence-corrected chi connectivity index (χ0v) is 10.9. The Morgan fingerprint density at radius 1 is 1.39 bits per heavy atom. The van der Waals surface area contributed by atoms with Crippen LogP contribution in [0.4, 0.5) is 0 Å². The molecule has 0 N–H and O–H groups in total. The Bertz CT molecular complexity index is 486. The molecule has 1 aromatic carbocycles. The minimum Gasteiger partial charge on any atom is -0.493 e. The van der Waals surface area contributed by atoms with Gasteiger partial charge in [0, 0.05) is 5.56 Å². The van der Waals surface area contributed by atoms with Crippen molar-refractivity contribution in [1.82, 2.24) is 0 Å². The zero-order valence-electron chi connectivity index (χ0n) is 10.9. The number of carbonyl (C=O) groups excluding carboxylic acids is 1. The lowest BCUT2D eigenvalue weighted by Crippen LogP contribution is -2.12. The van der Waals surface area contributed by atoms with Gasteiger partial charge in [-0.25, -0.2) is 4.79 Å². The molecule has 1 saturated carbocycles. The molecule has 1 fully saturated rings. The van der Waals surface area contributed by atoms with Gasteiger partial charge in [-0.05, 0) is 32.8 Å². The topological polar surface area (TPSA) is 47.9 Å². The summed E-state index contributed by atoms with van der Waals surface area (Å²) >= 11 is 0. The molecule has 2 rings (SSSR count). The molecule has 0 amide bonds. The number of hydrogen-bond acceptors (Lipinski definition) is 4. The predicted molar refractivity (Wildman–Crippen MR) is 67.8 cm³/mol. The number of ether oxygens (including phenoxy) is 2. The molecule has 1 aliphatic carbocycles. The minimum atomic E-state index is -0.444. The lowest BCUT2D eigenvalue weighted by Gasteiger charge is -2.20. The number of para-hydroxylation sites is 1. The van der Waals surface area contributed by atoms with E-state index in [0.717, 1.165) is 18.4 Å². The summed E-state index contributed by atoms with van der Waals surface area (Å²) < 4.78 is 11.1. The maximum atomic E-state index is 10.6. The summed E-state index contributed by atoms with van der Waals surface area (Å²) in [5.74, 6) is 1.36. The van der Waals surface area contributed by atoms with Crippen LogP contribution in [0.3, 0.4) is 0 Å². The molecule has 4 heteroatoms. The third kappa shape index (κ3) is 2.24. The average molecular weight is 247 g/mol. The Morgan fingerprint density at radius 3 is 2.61 bits per heavy atom. The van der Waals surface area contributed by atoms with Crippen molar-refractivity contribution in [1.29, 1.82) is 0 Å². The highest BCUT2D eigenvalue weighted by Gasteiger charge is 2.47. The van der Waals surface area contributed by atoms with E-state index in [1.807, 2.05) is 32.0 Å². The second-order valence-corrected chi connectivity index (χ2v) is 4.74. The first kappa shape index (κ1) is 12.7. The van der Waals surface area contributed by atoms with Crippen LogP contribution in [-0.2, 0) is 10.3 Å². The van der Waals surface area contributed by atoms with Gasteiger partial charge in [0.2, 0.25) is 6.08 Å². The van der Waals surface area contributed by atoms with Crippen LogP contribution in [0.1, 0.15) is 32.3 Å². The Morgan fingerprint density at radius 2 is 2.11 bits per heavy atom. The van der Waals surface area contributed by atoms with Crippen LogP contribution < -0.4 is 9.47 Å². The van der Waals surface area contributed by atoms with Crippen molar-refractivity contribution in [3.8, 4) is 11.5 Å². The summed E-state index contributed by atoms with van der Waals surface area (Å²) in [6, 6.07) is 5.68. The quantitative estimate of drug-likeness (QED) is 0.593. The fourth-order valence-electron chi connectivity index (χ4n) is 2.05. The van der Waals surface area contributed by atoms with E-state index < -0.39 is 5.54 Å². The lowest BCUT2D eigenvalue weighted by molar-refractivity contribution is 0.226. The number of methoxy groups -OCH3 is 1. The van der Waals surface area contributed by atoms with E-state index in [0.29, 0.717) is 11.5 Å². The molecular weight excluding hydrogens is 230 g/mol. The van der Waals surface area contributed by atoms with Crippen molar-refractivity contribution >= 4 is 6.08 Å². The predicted octanol–water partition coefficient (Wildman–Crippen LogP) is 2.81. The first-order chi connectivity index (χ1) is 8.63. The Kier molecular flexibility index (Phi) is 3.39. The molecule has 0 atom stereocenters. The van der Waals surface area contributed by atoms with Gasteiger partial charge in [0.1, 0.15) is 5.54 Å². The maximum absolute atomic E-state index is 10.6. The molecule has 1 aromatic rings. The smallest absolute Gasteiger partial charge is 0.235 e. The highest BCUT2D eigenvalue weighted by molar-refractivity contribution is 5.53. The Labute approximate surface area is 107 Å². The van der Waals surface area contributed by atoms with Crippen LogP contribution in [0.25, 0.3) is 0 Å². The van der Waals surface area contributed by atoms with Crippen molar-refractivity contribution in [3.05, 3.63) is 23.8 Å². The number of benzene rings is 1. The van der Waals surface area contributed by atoms with E-state index in [2.05, 4.69) is 4.99 Å². The monoisotopic (exact) mass is 247 g/mol. The number of hydrogen-bond donors (Lipinski definition) is 0. The van der Waals surface area contributed by atoms with E-state index in [1.54, 1.807) is 13.2 Å². The molecule has 1 aliphatic rings. The van der Waals surface area contributed by atoms with Crippen LogP contribution in [-0.4, -0.2) is 19.3 Å². The fraction of sp³-hybridized carbons (Fsp3) is 0.500. The number of nitrogens with zero attached hydrogens (tertiary/aromatic N) is 1. The molecule has 0 bridgehead atoms. The SMILES string of the molecule is COc1cccc(C2(N=C=O)CC2)c1OC(C)C. The van der Waals surface area contributed by atoms with Gasteiger partial charge in [0.15, 0.2) is 11.5 Å². The van der Waals surface area contributed by atoms with Crippen LogP contribution in [0, 0.1) is 0 Å². The first-order valence-corrected chi connectivity index (χ1v) is 6.06. The van der Waals surface area contributed by atoms with Crippen LogP contribution in [0.15, 0.2) is 23.2 Å². The van der Waals surface area contributed by atoms with Gasteiger partial charge in [-0.1, -0.05) is 12.1 Å². The van der Waals surface area contributed by atoms with Crippen molar-refractivity contribution in [2.24, 2.45) is 4.99 Å². The Hall–Kier alpha value is -1.80. The Balaban J connectivity index is 2.49. The summed E-state index contributed by atoms with van der Waals surface area (Å²) in [5.41, 5.74) is 0.472. The third-order valence-electron chi connectivity index (χ3n) is 3.04. The molecular formula is C14H17NO3. The number of aliphatic imine (C=N–C) groups is 1. The van der Waals surface area contributed by atoms with Gasteiger partial charge in [-0.15, -0.1) is 0 Å². The largest absolute Gasteiger partial charge is 0.493 e. The van der Waals surface area contributed by atoms with Crippen molar-refractivity contribution in [2.45, 2.75) is 38.3 Å². The first-order valence-electron chi connectivity index (χ1n) is 6.06. The van der Waals surface area contributed by atoms with Gasteiger partial charge in [-0.3, -0.25) is 0 Å². The van der Waals surface area contributed by atoms with E-state index in [9.17, 15) is 4.79 Å². The zero-order chi connectivity index (χ0) is 13.2. The number of rotatable bonds is 5. The summed E-state index contributed by atoms with van der Waals surface area (Å²) in [7, 11) is 1.61. The van der Waals surface area contributed by atoms with Crippen LogP contribution in [0.2, 0.25) is 0 Å². The molecule has 0 heterocycles. The van der Waals surface area contributed by atoms with E-state index in [1.165, 1.54) is 0 Å². The molecule has 0 radical (unpaired) electrons. The molecule has 4 nitrogen and oxygen atoms in total. The van der Waals surface area contributed by atoms with Gasteiger partial charge in [0.05, 0.1) is 13.2 Å². The highest BCUT2D eigenvalue weighted by Crippen LogP contribution is 2.54. The molecule has 0 unspecified atom stereocenters. The van der Waals surface area contributed by atoms with E-state index in [-0.39, 0.29) is 6.10 Å². The van der Waals surface area contributed by atoms with Crippen LogP contribution >= 0.6 is 0 Å². The summed E-state index contributed by atoms with van der Waals surface area (Å²) in [4.78, 5) is 14.5. The molecule has 0 saturated heterocycles. The van der Waals surface area contributed by atoms with Crippen molar-refractivity contribution in [3.63, 3.8) is 0 Å². The summed E-state index contributed by atoms with van der Waals surface area (Å²) in [6.07, 6.45) is 3.41. The van der Waals surface area contributed by atoms with E-state index >= 15 is 0 Å². The minimum absolute atomic E-state index is 0.0380. The average Bonchev–Trinajstić information content (AvgIpc) is 3.10. The summed E-state index contributed by atoms with van der Waals surface area (Å²) in [6.45, 7) is 3.91. The third-order valence-corrected chi connectivity index (χ3v) is 3.04. The van der Waals surface area contributed by atoms with Gasteiger partial charge in [-0.2, -0.15) is 4.99 Å². The van der Waals surface area contributed by atoms with Crippen molar-refractivity contribution in [2.75, 3.05) is 7.11 Å². The molecule has 0 aromatic heterocycles. The summed E-state index contributed by atoms with van der Waals surface area (Å²) in [5, 5.41) is 0. The highest BCUT2D eigenvalue weighted by atomic mass is 16.5. The fourth-order valence-corrected chi connectivity index (χ4v) is 2.05. The molecule has 96 valence electrons. The van der Waals surface area contributed by atoms with E-state index in [4.69, 9.17) is 9.47 Å². The maximum Gasteiger partial charge on any atom is 0.235 e. The van der Waals surface area contributed by atoms with Crippen LogP contribution in [0.5, 0.6) is 11.5 Å². The molecule has 0 aliphatic heterocycles.